The minimum absolute atomic E-state index is 0.186. The van der Waals surface area contributed by atoms with Crippen molar-refractivity contribution in [3.63, 3.8) is 0 Å². The zero-order valence-electron chi connectivity index (χ0n) is 14.6. The molecular weight excluding hydrogens is 286 g/mol. The zero-order valence-corrected chi connectivity index (χ0v) is 14.6. The van der Waals surface area contributed by atoms with Crippen molar-refractivity contribution in [2.45, 2.75) is 58.4 Å². The molecule has 0 aliphatic carbocycles. The Bertz CT molecular complexity index is 383. The number of hydrogen-bond donors (Lipinski definition) is 0. The third-order valence-corrected chi connectivity index (χ3v) is 3.56. The molecule has 128 valence electrons. The molecular formula is C16H29NO5. The van der Waals surface area contributed by atoms with Crippen LogP contribution in [0.1, 0.15) is 27.7 Å². The Balaban J connectivity index is 2.74. The van der Waals surface area contributed by atoms with Crippen LogP contribution < -0.4 is 0 Å². The Hall–Kier alpha value is -0.950. The highest BCUT2D eigenvalue weighted by molar-refractivity contribution is 5.77. The summed E-state index contributed by atoms with van der Waals surface area (Å²) in [5.41, 5.74) is 1.03. The highest BCUT2D eigenvalue weighted by Crippen LogP contribution is 2.27. The van der Waals surface area contributed by atoms with Crippen molar-refractivity contribution in [3.05, 3.63) is 11.6 Å². The van der Waals surface area contributed by atoms with Gasteiger partial charge in [-0.3, -0.25) is 0 Å². The summed E-state index contributed by atoms with van der Waals surface area (Å²) in [5, 5.41) is 4.01. The molecule has 0 bridgehead atoms. The van der Waals surface area contributed by atoms with E-state index in [-0.39, 0.29) is 18.3 Å². The molecule has 22 heavy (non-hydrogen) atoms. The van der Waals surface area contributed by atoms with Crippen molar-refractivity contribution < 1.29 is 23.8 Å². The summed E-state index contributed by atoms with van der Waals surface area (Å²) in [5.74, 6) is 0.462. The van der Waals surface area contributed by atoms with E-state index in [1.54, 1.807) is 27.5 Å². The minimum Gasteiger partial charge on any atom is -0.376 e. The lowest BCUT2D eigenvalue weighted by molar-refractivity contribution is -0.305. The average molecular weight is 315 g/mol. The second-order valence-corrected chi connectivity index (χ2v) is 5.81. The first-order valence-electron chi connectivity index (χ1n) is 7.56. The lowest BCUT2D eigenvalue weighted by Crippen LogP contribution is -2.59. The number of methoxy groups -OCH3 is 3. The number of hydrogen-bond acceptors (Lipinski definition) is 6. The number of oxime groups is 1. The van der Waals surface area contributed by atoms with Crippen LogP contribution in [-0.2, 0) is 23.8 Å². The molecule has 5 atom stereocenters. The lowest BCUT2D eigenvalue weighted by atomic mass is 9.99. The van der Waals surface area contributed by atoms with Crippen LogP contribution in [0.4, 0.5) is 0 Å². The van der Waals surface area contributed by atoms with Gasteiger partial charge in [0.05, 0.1) is 12.3 Å². The molecule has 6 nitrogen and oxygen atoms in total. The van der Waals surface area contributed by atoms with Crippen LogP contribution in [0.25, 0.3) is 0 Å². The molecule has 0 aromatic carbocycles. The predicted octanol–water partition coefficient (Wildman–Crippen LogP) is 2.38. The molecule has 1 aliphatic heterocycles. The molecule has 0 spiro atoms. The van der Waals surface area contributed by atoms with Crippen molar-refractivity contribution >= 4 is 6.21 Å². The quantitative estimate of drug-likeness (QED) is 0.533. The first-order chi connectivity index (χ1) is 10.4. The molecule has 0 N–H and O–H groups in total. The van der Waals surface area contributed by atoms with Crippen LogP contribution in [0.15, 0.2) is 16.8 Å². The van der Waals surface area contributed by atoms with Gasteiger partial charge in [0.2, 0.25) is 0 Å². The van der Waals surface area contributed by atoms with Gasteiger partial charge in [-0.15, -0.1) is 0 Å². The van der Waals surface area contributed by atoms with Gasteiger partial charge in [0, 0.05) is 21.3 Å². The van der Waals surface area contributed by atoms with E-state index in [0.29, 0.717) is 5.92 Å². The van der Waals surface area contributed by atoms with E-state index in [9.17, 15) is 0 Å². The van der Waals surface area contributed by atoms with Gasteiger partial charge in [-0.25, -0.2) is 0 Å². The van der Waals surface area contributed by atoms with Crippen LogP contribution in [0.5, 0.6) is 0 Å². The van der Waals surface area contributed by atoms with E-state index in [2.05, 4.69) is 25.1 Å². The summed E-state index contributed by atoms with van der Waals surface area (Å²) in [7, 11) is 4.84. The van der Waals surface area contributed by atoms with E-state index < -0.39 is 12.4 Å². The smallest absolute Gasteiger partial charge is 0.256 e. The van der Waals surface area contributed by atoms with Gasteiger partial charge >= 0.3 is 0 Å². The Morgan fingerprint density at radius 3 is 2.14 bits per heavy atom. The number of nitrogens with zero attached hydrogens (tertiary/aromatic N) is 1. The highest BCUT2D eigenvalue weighted by Gasteiger charge is 2.46. The average Bonchev–Trinajstić information content (AvgIpc) is 2.45. The molecule has 1 saturated heterocycles. The third-order valence-electron chi connectivity index (χ3n) is 3.56. The van der Waals surface area contributed by atoms with Gasteiger partial charge in [0.15, 0.2) is 6.10 Å². The Morgan fingerprint density at radius 2 is 1.64 bits per heavy atom. The van der Waals surface area contributed by atoms with E-state index in [0.717, 1.165) is 5.57 Å². The molecule has 1 heterocycles. The summed E-state index contributed by atoms with van der Waals surface area (Å²) in [4.78, 5) is 5.48. The molecule has 1 fully saturated rings. The van der Waals surface area contributed by atoms with Gasteiger partial charge in [-0.1, -0.05) is 25.1 Å². The second kappa shape index (κ2) is 9.25. The molecule has 0 radical (unpaired) electrons. The Morgan fingerprint density at radius 1 is 1.05 bits per heavy atom. The van der Waals surface area contributed by atoms with Gasteiger partial charge in [-0.05, 0) is 25.3 Å². The van der Waals surface area contributed by atoms with E-state index in [1.165, 1.54) is 0 Å². The van der Waals surface area contributed by atoms with E-state index >= 15 is 0 Å². The van der Waals surface area contributed by atoms with Crippen molar-refractivity contribution in [1.29, 1.82) is 0 Å². The topological polar surface area (TPSA) is 58.5 Å². The lowest BCUT2D eigenvalue weighted by Gasteiger charge is -2.42. The van der Waals surface area contributed by atoms with Gasteiger partial charge in [-0.2, -0.15) is 0 Å². The molecule has 0 aromatic heterocycles. The van der Waals surface area contributed by atoms with Gasteiger partial charge in [0.25, 0.3) is 6.29 Å². The van der Waals surface area contributed by atoms with Crippen molar-refractivity contribution in [2.24, 2.45) is 11.1 Å². The zero-order chi connectivity index (χ0) is 16.7. The predicted molar refractivity (Wildman–Crippen MR) is 84.9 cm³/mol. The van der Waals surface area contributed by atoms with E-state index in [1.807, 2.05) is 13.8 Å². The Kier molecular flexibility index (Phi) is 8.03. The third kappa shape index (κ3) is 5.05. The van der Waals surface area contributed by atoms with Crippen molar-refractivity contribution in [3.8, 4) is 0 Å². The van der Waals surface area contributed by atoms with Crippen LogP contribution in [0, 0.1) is 5.92 Å². The van der Waals surface area contributed by atoms with Crippen molar-refractivity contribution in [1.82, 2.24) is 0 Å². The maximum absolute atomic E-state index is 5.80. The van der Waals surface area contributed by atoms with Crippen LogP contribution >= 0.6 is 0 Å². The van der Waals surface area contributed by atoms with Crippen LogP contribution in [0.3, 0.4) is 0 Å². The SMILES string of the molecule is CO[C@@H]1[C@@H](OC)[C@@H](OC)C(O/N=C/C(C)=C\C(C)C)O[C@H]1C. The second-order valence-electron chi connectivity index (χ2n) is 5.81. The number of allylic oxidation sites excluding steroid dienone is 2. The molecule has 1 aliphatic rings. The molecule has 6 heteroatoms. The molecule has 0 amide bonds. The number of ether oxygens (including phenoxy) is 4. The van der Waals surface area contributed by atoms with Crippen LogP contribution in [-0.4, -0.2) is 58.2 Å². The van der Waals surface area contributed by atoms with Crippen molar-refractivity contribution in [2.75, 3.05) is 21.3 Å². The Labute approximate surface area is 133 Å². The molecule has 0 saturated carbocycles. The van der Waals surface area contributed by atoms with E-state index in [4.69, 9.17) is 23.8 Å². The maximum Gasteiger partial charge on any atom is 0.256 e. The summed E-state index contributed by atoms with van der Waals surface area (Å²) in [6.45, 7) is 8.11. The van der Waals surface area contributed by atoms with Crippen LogP contribution in [0.2, 0.25) is 0 Å². The summed E-state index contributed by atoms with van der Waals surface area (Å²) < 4.78 is 22.2. The van der Waals surface area contributed by atoms with Gasteiger partial charge < -0.3 is 23.8 Å². The molecule has 1 rings (SSSR count). The number of rotatable bonds is 7. The fourth-order valence-corrected chi connectivity index (χ4v) is 2.64. The maximum atomic E-state index is 5.80. The summed E-state index contributed by atoms with van der Waals surface area (Å²) >= 11 is 0. The fraction of sp³-hybridized carbons (Fsp3) is 0.812. The molecule has 1 unspecified atom stereocenters. The highest BCUT2D eigenvalue weighted by atomic mass is 16.8. The summed E-state index contributed by atoms with van der Waals surface area (Å²) in [6.07, 6.45) is 2.02. The first kappa shape index (κ1) is 19.1. The standard InChI is InChI=1S/C16H29NO5/c1-10(2)8-11(3)9-17-22-16-15(20-7)14(19-6)13(18-5)12(4)21-16/h8-10,12-16H,1-7H3/b11-8-,17-9+/t12-,13-,14+,15+,16?/m0/s1. The van der Waals surface area contributed by atoms with Gasteiger partial charge in [0.1, 0.15) is 12.2 Å². The monoisotopic (exact) mass is 315 g/mol. The first-order valence-corrected chi connectivity index (χ1v) is 7.56. The molecule has 0 aromatic rings. The normalized spacial score (nSPS) is 33.6. The largest absolute Gasteiger partial charge is 0.376 e. The minimum atomic E-state index is -0.639. The fourth-order valence-electron chi connectivity index (χ4n) is 2.64. The summed E-state index contributed by atoms with van der Waals surface area (Å²) in [6, 6.07) is 0.